The third kappa shape index (κ3) is 4.37. The summed E-state index contributed by atoms with van der Waals surface area (Å²) >= 11 is 4.44. The van der Waals surface area contributed by atoms with E-state index in [0.717, 1.165) is 28.3 Å². The molecule has 0 radical (unpaired) electrons. The molecular weight excluding hydrogens is 256 g/mol. The fraction of sp³-hybridized carbons (Fsp3) is 1.00. The average molecular weight is 287 g/mol. The highest BCUT2D eigenvalue weighted by atomic mass is 32.2. The van der Waals surface area contributed by atoms with Crippen LogP contribution < -0.4 is 0 Å². The lowest BCUT2D eigenvalue weighted by atomic mass is 9.83. The predicted molar refractivity (Wildman–Crippen MR) is 87.7 cm³/mol. The minimum Gasteiger partial charge on any atom is -0.162 e. The number of thioether (sulfide) groups is 2. The van der Waals surface area contributed by atoms with Gasteiger partial charge in [-0.25, -0.2) is 0 Å². The van der Waals surface area contributed by atoms with E-state index in [9.17, 15) is 0 Å². The summed E-state index contributed by atoms with van der Waals surface area (Å²) in [5, 5.41) is 1.94. The monoisotopic (exact) mass is 286 g/mol. The summed E-state index contributed by atoms with van der Waals surface area (Å²) in [6, 6.07) is 0. The summed E-state index contributed by atoms with van der Waals surface area (Å²) in [5.41, 5.74) is 0. The minimum absolute atomic E-state index is 0.955. The lowest BCUT2D eigenvalue weighted by molar-refractivity contribution is 0.314. The lowest BCUT2D eigenvalue weighted by Gasteiger charge is -2.35. The van der Waals surface area contributed by atoms with Gasteiger partial charge in [-0.2, -0.15) is 23.5 Å². The van der Waals surface area contributed by atoms with E-state index in [1.54, 1.807) is 0 Å². The van der Waals surface area contributed by atoms with Gasteiger partial charge in [-0.1, -0.05) is 13.8 Å². The Morgan fingerprint density at radius 2 is 1.56 bits per heavy atom. The second-order valence-corrected chi connectivity index (χ2v) is 9.08. The average Bonchev–Trinajstić information content (AvgIpc) is 2.38. The molecule has 0 aromatic carbocycles. The van der Waals surface area contributed by atoms with Gasteiger partial charge < -0.3 is 0 Å². The van der Waals surface area contributed by atoms with Crippen LogP contribution in [0.3, 0.4) is 0 Å². The molecule has 3 atom stereocenters. The van der Waals surface area contributed by atoms with E-state index in [2.05, 4.69) is 43.6 Å². The quantitative estimate of drug-likeness (QED) is 0.672. The SMILES string of the molecule is CSC1CCC(C)CC1CSC1CCC(C)CC1. The van der Waals surface area contributed by atoms with Crippen LogP contribution in [-0.4, -0.2) is 22.5 Å². The highest BCUT2D eigenvalue weighted by Crippen LogP contribution is 2.39. The van der Waals surface area contributed by atoms with Crippen LogP contribution in [0.2, 0.25) is 0 Å². The number of hydrogen-bond donors (Lipinski definition) is 0. The van der Waals surface area contributed by atoms with Gasteiger partial charge in [0.15, 0.2) is 0 Å². The van der Waals surface area contributed by atoms with Crippen molar-refractivity contribution in [2.24, 2.45) is 17.8 Å². The normalized spacial score (nSPS) is 41.8. The Bertz CT molecular complexity index is 233. The summed E-state index contributed by atoms with van der Waals surface area (Å²) < 4.78 is 0. The van der Waals surface area contributed by atoms with Crippen LogP contribution in [0.25, 0.3) is 0 Å². The Labute approximate surface area is 122 Å². The van der Waals surface area contributed by atoms with Crippen molar-refractivity contribution in [1.29, 1.82) is 0 Å². The summed E-state index contributed by atoms with van der Waals surface area (Å²) in [5.74, 6) is 4.41. The van der Waals surface area contributed by atoms with Crippen LogP contribution in [0.15, 0.2) is 0 Å². The summed E-state index contributed by atoms with van der Waals surface area (Å²) in [4.78, 5) is 0. The third-order valence-electron chi connectivity index (χ3n) is 4.99. The zero-order valence-electron chi connectivity index (χ0n) is 12.4. The first-order valence-corrected chi connectivity index (χ1v) is 10.2. The molecule has 0 saturated heterocycles. The fourth-order valence-electron chi connectivity index (χ4n) is 3.61. The minimum atomic E-state index is 0.955. The molecule has 2 rings (SSSR count). The number of hydrogen-bond acceptors (Lipinski definition) is 2. The largest absolute Gasteiger partial charge is 0.162 e. The van der Waals surface area contributed by atoms with Gasteiger partial charge in [0.25, 0.3) is 0 Å². The van der Waals surface area contributed by atoms with Crippen LogP contribution in [-0.2, 0) is 0 Å². The summed E-state index contributed by atoms with van der Waals surface area (Å²) in [7, 11) is 0. The molecule has 2 fully saturated rings. The standard InChI is InChI=1S/C16H30S2/c1-12-4-7-15(8-5-12)18-11-14-10-13(2)6-9-16(14)17-3/h12-16H,4-11H2,1-3H3. The molecule has 2 aliphatic carbocycles. The van der Waals surface area contributed by atoms with Crippen LogP contribution >= 0.6 is 23.5 Å². The summed E-state index contributed by atoms with van der Waals surface area (Å²) in [6.45, 7) is 4.88. The molecule has 0 amide bonds. The van der Waals surface area contributed by atoms with E-state index >= 15 is 0 Å². The fourth-order valence-corrected chi connectivity index (χ4v) is 6.19. The Hall–Kier alpha value is 0.700. The number of rotatable bonds is 4. The highest BCUT2D eigenvalue weighted by molar-refractivity contribution is 8.00. The maximum atomic E-state index is 2.45. The van der Waals surface area contributed by atoms with Gasteiger partial charge in [0.2, 0.25) is 0 Å². The first-order chi connectivity index (χ1) is 8.69. The van der Waals surface area contributed by atoms with Gasteiger partial charge in [-0.3, -0.25) is 0 Å². The molecule has 18 heavy (non-hydrogen) atoms. The molecule has 0 aromatic rings. The Morgan fingerprint density at radius 3 is 2.22 bits per heavy atom. The first kappa shape index (κ1) is 15.1. The van der Waals surface area contributed by atoms with E-state index in [1.165, 1.54) is 50.7 Å². The topological polar surface area (TPSA) is 0 Å². The van der Waals surface area contributed by atoms with Gasteiger partial charge in [0.05, 0.1) is 0 Å². The van der Waals surface area contributed by atoms with Crippen molar-refractivity contribution in [3.05, 3.63) is 0 Å². The smallest absolute Gasteiger partial charge is 0.00806 e. The Balaban J connectivity index is 1.73. The molecule has 0 N–H and O–H groups in total. The van der Waals surface area contributed by atoms with Crippen molar-refractivity contribution in [3.63, 3.8) is 0 Å². The maximum Gasteiger partial charge on any atom is 0.00806 e. The van der Waals surface area contributed by atoms with E-state index in [0.29, 0.717) is 0 Å². The van der Waals surface area contributed by atoms with Crippen molar-refractivity contribution < 1.29 is 0 Å². The lowest BCUT2D eigenvalue weighted by Crippen LogP contribution is -2.28. The van der Waals surface area contributed by atoms with E-state index in [-0.39, 0.29) is 0 Å². The second kappa shape index (κ2) is 7.47. The predicted octanol–water partition coefficient (Wildman–Crippen LogP) is 5.47. The molecule has 2 heteroatoms. The van der Waals surface area contributed by atoms with Crippen LogP contribution in [0.4, 0.5) is 0 Å². The van der Waals surface area contributed by atoms with Gasteiger partial charge >= 0.3 is 0 Å². The van der Waals surface area contributed by atoms with Gasteiger partial charge in [-0.05, 0) is 74.7 Å². The Kier molecular flexibility index (Phi) is 6.27. The molecule has 0 heterocycles. The molecular formula is C16H30S2. The van der Waals surface area contributed by atoms with E-state index in [4.69, 9.17) is 0 Å². The molecule has 0 aromatic heterocycles. The molecule has 0 spiro atoms. The molecule has 2 aliphatic rings. The molecule has 0 aliphatic heterocycles. The van der Waals surface area contributed by atoms with Crippen molar-refractivity contribution >= 4 is 23.5 Å². The van der Waals surface area contributed by atoms with Crippen molar-refractivity contribution in [2.45, 2.75) is 69.3 Å². The highest BCUT2D eigenvalue weighted by Gasteiger charge is 2.29. The zero-order valence-corrected chi connectivity index (χ0v) is 14.0. The van der Waals surface area contributed by atoms with Crippen LogP contribution in [0.1, 0.15) is 58.8 Å². The first-order valence-electron chi connectivity index (χ1n) is 7.83. The molecule has 3 unspecified atom stereocenters. The summed E-state index contributed by atoms with van der Waals surface area (Å²) in [6.07, 6.45) is 12.7. The molecule has 106 valence electrons. The van der Waals surface area contributed by atoms with E-state index in [1.807, 2.05) is 0 Å². The van der Waals surface area contributed by atoms with Gasteiger partial charge in [0.1, 0.15) is 0 Å². The van der Waals surface area contributed by atoms with Crippen molar-refractivity contribution in [1.82, 2.24) is 0 Å². The zero-order chi connectivity index (χ0) is 13.0. The molecule has 0 bridgehead atoms. The van der Waals surface area contributed by atoms with Gasteiger partial charge in [0, 0.05) is 10.5 Å². The van der Waals surface area contributed by atoms with Crippen LogP contribution in [0.5, 0.6) is 0 Å². The maximum absolute atomic E-state index is 2.45. The molecule has 2 saturated carbocycles. The van der Waals surface area contributed by atoms with Crippen molar-refractivity contribution in [3.8, 4) is 0 Å². The molecule has 0 nitrogen and oxygen atoms in total. The second-order valence-electron chi connectivity index (χ2n) is 6.67. The van der Waals surface area contributed by atoms with Crippen LogP contribution in [0, 0.1) is 17.8 Å². The van der Waals surface area contributed by atoms with Crippen molar-refractivity contribution in [2.75, 3.05) is 12.0 Å². The third-order valence-corrected chi connectivity index (χ3v) is 7.78. The Morgan fingerprint density at radius 1 is 0.889 bits per heavy atom. The van der Waals surface area contributed by atoms with Gasteiger partial charge in [-0.15, -0.1) is 0 Å². The van der Waals surface area contributed by atoms with E-state index < -0.39 is 0 Å².